The van der Waals surface area contributed by atoms with Gasteiger partial charge < -0.3 is 10.3 Å². The van der Waals surface area contributed by atoms with Crippen LogP contribution in [-0.4, -0.2) is 21.5 Å². The average molecular weight is 321 g/mol. The lowest BCUT2D eigenvalue weighted by Gasteiger charge is -2.22. The molecule has 2 heterocycles. The van der Waals surface area contributed by atoms with Crippen molar-refractivity contribution < 1.29 is 4.79 Å². The normalized spacial score (nSPS) is 16.0. The minimum absolute atomic E-state index is 0.0931. The molecule has 7 heteroatoms. The van der Waals surface area contributed by atoms with Crippen LogP contribution in [-0.2, 0) is 11.3 Å². The highest BCUT2D eigenvalue weighted by Gasteiger charge is 2.16. The van der Waals surface area contributed by atoms with Gasteiger partial charge in [-0.05, 0) is 24.3 Å². The van der Waals surface area contributed by atoms with Crippen molar-refractivity contribution >= 4 is 27.5 Å². The van der Waals surface area contributed by atoms with Gasteiger partial charge in [0.05, 0.1) is 5.52 Å². The van der Waals surface area contributed by atoms with Crippen LogP contribution in [0.5, 0.6) is 0 Å². The van der Waals surface area contributed by atoms with E-state index >= 15 is 0 Å². The maximum atomic E-state index is 12.2. The van der Waals surface area contributed by atoms with Crippen molar-refractivity contribution in [2.24, 2.45) is 0 Å². The van der Waals surface area contributed by atoms with Gasteiger partial charge in [0.25, 0.3) is 5.56 Å². The molecule has 2 aromatic heterocycles. The number of hydrogen-bond donors (Lipinski definition) is 2. The third kappa shape index (κ3) is 3.14. The summed E-state index contributed by atoms with van der Waals surface area (Å²) in [6.45, 7) is 0.112. The number of fused-ring (bicyclic) bond motifs is 1. The highest BCUT2D eigenvalue weighted by molar-refractivity contribution is 7.17. The van der Waals surface area contributed by atoms with Crippen LogP contribution in [0.1, 0.15) is 38.5 Å². The van der Waals surface area contributed by atoms with Gasteiger partial charge >= 0.3 is 5.69 Å². The van der Waals surface area contributed by atoms with Gasteiger partial charge in [0.2, 0.25) is 5.91 Å². The topological polar surface area (TPSA) is 84.0 Å². The van der Waals surface area contributed by atoms with E-state index in [1.54, 1.807) is 11.4 Å². The smallest absolute Gasteiger partial charge is 0.328 e. The van der Waals surface area contributed by atoms with E-state index in [2.05, 4.69) is 10.3 Å². The molecule has 1 aliphatic carbocycles. The van der Waals surface area contributed by atoms with Crippen LogP contribution >= 0.6 is 11.3 Å². The first-order chi connectivity index (χ1) is 10.6. The Morgan fingerprint density at radius 2 is 2.09 bits per heavy atom. The molecule has 0 radical (unpaired) electrons. The summed E-state index contributed by atoms with van der Waals surface area (Å²) in [6, 6.07) is 1.96. The first-order valence-corrected chi connectivity index (χ1v) is 8.53. The Morgan fingerprint density at radius 1 is 1.32 bits per heavy atom. The fraction of sp³-hybridized carbons (Fsp3) is 0.533. The van der Waals surface area contributed by atoms with E-state index in [-0.39, 0.29) is 30.5 Å². The summed E-state index contributed by atoms with van der Waals surface area (Å²) >= 11 is 1.30. The van der Waals surface area contributed by atoms with Gasteiger partial charge in [-0.1, -0.05) is 19.3 Å². The van der Waals surface area contributed by atoms with Crippen LogP contribution in [0.4, 0.5) is 0 Å². The molecule has 0 spiro atoms. The van der Waals surface area contributed by atoms with Gasteiger partial charge in [-0.3, -0.25) is 14.2 Å². The SMILES string of the molecule is O=C(CCn1c(=O)[nH]c2ccsc2c1=O)NC1CCCCC1. The van der Waals surface area contributed by atoms with Crippen molar-refractivity contribution in [2.75, 3.05) is 0 Å². The molecule has 0 aromatic carbocycles. The lowest BCUT2D eigenvalue weighted by atomic mass is 9.95. The van der Waals surface area contributed by atoms with E-state index in [1.807, 2.05) is 0 Å². The zero-order valence-corrected chi connectivity index (χ0v) is 13.1. The second-order valence-electron chi connectivity index (χ2n) is 5.70. The fourth-order valence-corrected chi connectivity index (χ4v) is 3.73. The summed E-state index contributed by atoms with van der Waals surface area (Å²) in [4.78, 5) is 38.8. The van der Waals surface area contributed by atoms with Crippen molar-refractivity contribution in [3.8, 4) is 0 Å². The maximum absolute atomic E-state index is 12.2. The van der Waals surface area contributed by atoms with E-state index < -0.39 is 5.69 Å². The third-order valence-electron chi connectivity index (χ3n) is 4.12. The second kappa shape index (κ2) is 6.48. The summed E-state index contributed by atoms with van der Waals surface area (Å²) in [5.74, 6) is -0.0931. The molecule has 1 aliphatic rings. The van der Waals surface area contributed by atoms with E-state index in [9.17, 15) is 14.4 Å². The van der Waals surface area contributed by atoms with Crippen LogP contribution < -0.4 is 16.6 Å². The quantitative estimate of drug-likeness (QED) is 0.897. The van der Waals surface area contributed by atoms with Crippen LogP contribution in [0.25, 0.3) is 10.2 Å². The predicted octanol–water partition coefficient (Wildman–Crippen LogP) is 1.59. The van der Waals surface area contributed by atoms with Crippen LogP contribution in [0.3, 0.4) is 0 Å². The van der Waals surface area contributed by atoms with Gasteiger partial charge in [-0.25, -0.2) is 4.79 Å². The minimum Gasteiger partial charge on any atom is -0.353 e. The highest BCUT2D eigenvalue weighted by atomic mass is 32.1. The molecule has 6 nitrogen and oxygen atoms in total. The first-order valence-electron chi connectivity index (χ1n) is 7.65. The number of amides is 1. The largest absolute Gasteiger partial charge is 0.353 e. The molecule has 1 amide bonds. The molecule has 0 bridgehead atoms. The highest BCUT2D eigenvalue weighted by Crippen LogP contribution is 2.17. The molecule has 1 saturated carbocycles. The van der Waals surface area contributed by atoms with Gasteiger partial charge in [-0.15, -0.1) is 11.3 Å². The van der Waals surface area contributed by atoms with Crippen molar-refractivity contribution in [3.05, 3.63) is 32.3 Å². The lowest BCUT2D eigenvalue weighted by Crippen LogP contribution is -2.39. The molecule has 0 unspecified atom stereocenters. The standard InChI is InChI=1S/C15H19N3O3S/c19-12(16-10-4-2-1-3-5-10)6-8-18-14(20)13-11(7-9-22-13)17-15(18)21/h7,9-10H,1-6,8H2,(H,16,19)(H,17,21). The summed E-state index contributed by atoms with van der Waals surface area (Å²) in [7, 11) is 0. The molecule has 118 valence electrons. The Kier molecular flexibility index (Phi) is 4.42. The number of hydrogen-bond acceptors (Lipinski definition) is 4. The number of nitrogens with one attached hydrogen (secondary N) is 2. The van der Waals surface area contributed by atoms with Gasteiger partial charge in [0, 0.05) is 19.0 Å². The molecule has 0 atom stereocenters. The summed E-state index contributed by atoms with van der Waals surface area (Å²) < 4.78 is 1.63. The van der Waals surface area contributed by atoms with Crippen LogP contribution in [0, 0.1) is 0 Å². The zero-order chi connectivity index (χ0) is 15.5. The molecular formula is C15H19N3O3S. The van der Waals surface area contributed by atoms with E-state index in [0.717, 1.165) is 30.3 Å². The number of carbonyl (C=O) groups excluding carboxylic acids is 1. The zero-order valence-electron chi connectivity index (χ0n) is 12.3. The van der Waals surface area contributed by atoms with E-state index in [4.69, 9.17) is 0 Å². The van der Waals surface area contributed by atoms with E-state index in [1.165, 1.54) is 17.8 Å². The number of H-pyrrole nitrogens is 1. The maximum Gasteiger partial charge on any atom is 0.328 e. The first kappa shape index (κ1) is 15.0. The number of rotatable bonds is 4. The minimum atomic E-state index is -0.457. The van der Waals surface area contributed by atoms with Gasteiger partial charge in [-0.2, -0.15) is 0 Å². The number of aromatic amines is 1. The van der Waals surface area contributed by atoms with Crippen molar-refractivity contribution in [1.29, 1.82) is 0 Å². The monoisotopic (exact) mass is 321 g/mol. The number of nitrogens with zero attached hydrogens (tertiary/aromatic N) is 1. The molecule has 3 rings (SSSR count). The third-order valence-corrected chi connectivity index (χ3v) is 5.03. The average Bonchev–Trinajstić information content (AvgIpc) is 2.96. The Hall–Kier alpha value is -1.89. The Balaban J connectivity index is 1.67. The molecule has 1 fully saturated rings. The summed E-state index contributed by atoms with van der Waals surface area (Å²) in [5, 5.41) is 4.76. The van der Waals surface area contributed by atoms with Crippen molar-refractivity contribution in [3.63, 3.8) is 0 Å². The lowest BCUT2D eigenvalue weighted by molar-refractivity contribution is -0.122. The Labute approximate surface area is 131 Å². The van der Waals surface area contributed by atoms with E-state index in [0.29, 0.717) is 10.2 Å². The molecule has 2 aromatic rings. The molecule has 0 saturated heterocycles. The fourth-order valence-electron chi connectivity index (χ4n) is 2.93. The Bertz CT molecular complexity index is 783. The van der Waals surface area contributed by atoms with Crippen molar-refractivity contribution in [1.82, 2.24) is 14.9 Å². The summed E-state index contributed by atoms with van der Waals surface area (Å²) in [6.07, 6.45) is 5.73. The van der Waals surface area contributed by atoms with Crippen LogP contribution in [0.15, 0.2) is 21.0 Å². The number of thiophene rings is 1. The van der Waals surface area contributed by atoms with Crippen LogP contribution in [0.2, 0.25) is 0 Å². The van der Waals surface area contributed by atoms with Gasteiger partial charge in [0.1, 0.15) is 4.70 Å². The number of aromatic nitrogens is 2. The summed E-state index contributed by atoms with van der Waals surface area (Å²) in [5.41, 5.74) is -0.219. The molecule has 0 aliphatic heterocycles. The van der Waals surface area contributed by atoms with Gasteiger partial charge in [0.15, 0.2) is 0 Å². The molecule has 22 heavy (non-hydrogen) atoms. The molecular weight excluding hydrogens is 302 g/mol. The molecule has 2 N–H and O–H groups in total. The predicted molar refractivity (Wildman–Crippen MR) is 86.3 cm³/mol. The number of carbonyl (C=O) groups is 1. The second-order valence-corrected chi connectivity index (χ2v) is 6.62. The Morgan fingerprint density at radius 3 is 2.86 bits per heavy atom. The van der Waals surface area contributed by atoms with Crippen molar-refractivity contribution in [2.45, 2.75) is 51.1 Å².